The first-order chi connectivity index (χ1) is 8.06. The van der Waals surface area contributed by atoms with Crippen molar-refractivity contribution < 1.29 is 9.90 Å². The van der Waals surface area contributed by atoms with E-state index in [1.54, 1.807) is 6.92 Å². The van der Waals surface area contributed by atoms with Crippen LogP contribution in [0.3, 0.4) is 0 Å². The van der Waals surface area contributed by atoms with Gasteiger partial charge in [-0.3, -0.25) is 4.79 Å². The van der Waals surface area contributed by atoms with Gasteiger partial charge in [-0.15, -0.1) is 0 Å². The highest BCUT2D eigenvalue weighted by molar-refractivity contribution is 5.81. The molecule has 1 aromatic rings. The Bertz CT molecular complexity index is 391. The number of carbonyl (C=O) groups is 1. The zero-order valence-electron chi connectivity index (χ0n) is 10.6. The maximum atomic E-state index is 11.5. The lowest BCUT2D eigenvalue weighted by atomic mass is 10.1. The van der Waals surface area contributed by atoms with E-state index in [2.05, 4.69) is 10.6 Å². The van der Waals surface area contributed by atoms with Crippen LogP contribution in [0.4, 0.5) is 0 Å². The third-order valence-electron chi connectivity index (χ3n) is 2.66. The van der Waals surface area contributed by atoms with Crippen LogP contribution < -0.4 is 10.6 Å². The molecule has 1 amide bonds. The van der Waals surface area contributed by atoms with Gasteiger partial charge in [0.2, 0.25) is 5.91 Å². The zero-order valence-corrected chi connectivity index (χ0v) is 10.6. The molecule has 0 radical (unpaired) electrons. The van der Waals surface area contributed by atoms with Crippen molar-refractivity contribution in [1.82, 2.24) is 10.6 Å². The van der Waals surface area contributed by atoms with Gasteiger partial charge in [0, 0.05) is 18.7 Å². The third kappa shape index (κ3) is 3.75. The quantitative estimate of drug-likeness (QED) is 0.722. The number of benzene rings is 1. The fourth-order valence-electron chi connectivity index (χ4n) is 1.55. The number of likely N-dealkylation sites (N-methyl/N-ethyl adjacent to an activating group) is 1. The number of amides is 1. The molecule has 0 saturated heterocycles. The summed E-state index contributed by atoms with van der Waals surface area (Å²) in [6.07, 6.45) is 0. The highest BCUT2D eigenvalue weighted by atomic mass is 16.3. The Kier molecular flexibility index (Phi) is 4.97. The number of carbonyl (C=O) groups excluding carboxylic acids is 1. The van der Waals surface area contributed by atoms with E-state index in [-0.39, 0.29) is 11.9 Å². The molecule has 0 aliphatic rings. The van der Waals surface area contributed by atoms with Crippen molar-refractivity contribution in [2.45, 2.75) is 33.4 Å². The molecule has 0 heterocycles. The minimum absolute atomic E-state index is 0.0281. The first kappa shape index (κ1) is 13.5. The zero-order chi connectivity index (χ0) is 12.8. The molecule has 0 bridgehead atoms. The van der Waals surface area contributed by atoms with Gasteiger partial charge in [0.25, 0.3) is 0 Å². The van der Waals surface area contributed by atoms with Crippen LogP contribution in [0.15, 0.2) is 18.2 Å². The van der Waals surface area contributed by atoms with E-state index in [1.807, 2.05) is 32.0 Å². The smallest absolute Gasteiger partial charge is 0.236 e. The van der Waals surface area contributed by atoms with Gasteiger partial charge in [0.05, 0.1) is 6.04 Å². The average molecular weight is 236 g/mol. The predicted molar refractivity (Wildman–Crippen MR) is 67.8 cm³/mol. The molecule has 4 nitrogen and oxygen atoms in total. The number of nitrogens with one attached hydrogen (secondary N) is 2. The maximum absolute atomic E-state index is 11.5. The molecule has 1 unspecified atom stereocenters. The summed E-state index contributed by atoms with van der Waals surface area (Å²) in [5.74, 6) is 0.266. The molecule has 94 valence electrons. The monoisotopic (exact) mass is 236 g/mol. The van der Waals surface area contributed by atoms with Crippen molar-refractivity contribution in [2.24, 2.45) is 0 Å². The van der Waals surface area contributed by atoms with Gasteiger partial charge in [-0.25, -0.2) is 0 Å². The summed E-state index contributed by atoms with van der Waals surface area (Å²) in [4.78, 5) is 11.5. The summed E-state index contributed by atoms with van der Waals surface area (Å²) in [6, 6.07) is 5.32. The number of aryl methyl sites for hydroxylation is 1. The number of hydrogen-bond acceptors (Lipinski definition) is 3. The van der Waals surface area contributed by atoms with Crippen LogP contribution in [0.2, 0.25) is 0 Å². The summed E-state index contributed by atoms with van der Waals surface area (Å²) >= 11 is 0. The van der Waals surface area contributed by atoms with Crippen LogP contribution in [0.5, 0.6) is 5.75 Å². The molecule has 17 heavy (non-hydrogen) atoms. The fourth-order valence-corrected chi connectivity index (χ4v) is 1.55. The highest BCUT2D eigenvalue weighted by Crippen LogP contribution is 2.20. The van der Waals surface area contributed by atoms with Crippen LogP contribution in [-0.2, 0) is 11.3 Å². The number of rotatable bonds is 5. The standard InChI is InChI=1S/C13H20N2O2/c1-4-14-13(17)10(3)15-8-11-7-5-6-9(2)12(11)16/h5-7,10,15-16H,4,8H2,1-3H3,(H,14,17). The second-order valence-electron chi connectivity index (χ2n) is 4.08. The van der Waals surface area contributed by atoms with Crippen LogP contribution in [0.25, 0.3) is 0 Å². The second-order valence-corrected chi connectivity index (χ2v) is 4.08. The Morgan fingerprint density at radius 2 is 2.18 bits per heavy atom. The van der Waals surface area contributed by atoms with Crippen LogP contribution in [0.1, 0.15) is 25.0 Å². The van der Waals surface area contributed by atoms with Gasteiger partial charge in [0.1, 0.15) is 5.75 Å². The molecule has 1 aromatic carbocycles. The van der Waals surface area contributed by atoms with E-state index >= 15 is 0 Å². The van der Waals surface area contributed by atoms with Gasteiger partial charge in [-0.05, 0) is 26.3 Å². The van der Waals surface area contributed by atoms with Crippen molar-refractivity contribution in [3.05, 3.63) is 29.3 Å². The number of phenolic OH excluding ortho intramolecular Hbond substituents is 1. The normalized spacial score (nSPS) is 12.2. The largest absolute Gasteiger partial charge is 0.507 e. The van der Waals surface area contributed by atoms with E-state index in [0.717, 1.165) is 11.1 Å². The van der Waals surface area contributed by atoms with Crippen molar-refractivity contribution in [3.8, 4) is 5.75 Å². The summed E-state index contributed by atoms with van der Waals surface area (Å²) in [7, 11) is 0. The molecule has 1 atom stereocenters. The molecule has 0 spiro atoms. The van der Waals surface area contributed by atoms with E-state index in [1.165, 1.54) is 0 Å². The SMILES string of the molecule is CCNC(=O)C(C)NCc1cccc(C)c1O. The van der Waals surface area contributed by atoms with E-state index in [4.69, 9.17) is 0 Å². The second kappa shape index (κ2) is 6.25. The summed E-state index contributed by atoms with van der Waals surface area (Å²) in [5.41, 5.74) is 1.65. The molecule has 0 saturated carbocycles. The van der Waals surface area contributed by atoms with Crippen molar-refractivity contribution in [2.75, 3.05) is 6.54 Å². The first-order valence-electron chi connectivity index (χ1n) is 5.84. The molecular weight excluding hydrogens is 216 g/mol. The lowest BCUT2D eigenvalue weighted by Gasteiger charge is -2.14. The number of para-hydroxylation sites is 1. The first-order valence-corrected chi connectivity index (χ1v) is 5.84. The Morgan fingerprint density at radius 3 is 2.82 bits per heavy atom. The summed E-state index contributed by atoms with van der Waals surface area (Å²) in [5, 5.41) is 15.6. The van der Waals surface area contributed by atoms with E-state index in [9.17, 15) is 9.90 Å². The van der Waals surface area contributed by atoms with Crippen LogP contribution >= 0.6 is 0 Å². The lowest BCUT2D eigenvalue weighted by Crippen LogP contribution is -2.41. The maximum Gasteiger partial charge on any atom is 0.236 e. The number of aromatic hydroxyl groups is 1. The van der Waals surface area contributed by atoms with Crippen LogP contribution in [-0.4, -0.2) is 23.6 Å². The minimum Gasteiger partial charge on any atom is -0.507 e. The van der Waals surface area contributed by atoms with E-state index < -0.39 is 0 Å². The number of hydrogen-bond donors (Lipinski definition) is 3. The molecule has 0 aromatic heterocycles. The summed E-state index contributed by atoms with van der Waals surface area (Å²) in [6.45, 7) is 6.65. The molecule has 4 heteroatoms. The van der Waals surface area contributed by atoms with Crippen molar-refractivity contribution in [3.63, 3.8) is 0 Å². The average Bonchev–Trinajstić information content (AvgIpc) is 2.31. The van der Waals surface area contributed by atoms with Gasteiger partial charge in [-0.2, -0.15) is 0 Å². The molecule has 0 fully saturated rings. The molecule has 3 N–H and O–H groups in total. The minimum atomic E-state index is -0.269. The summed E-state index contributed by atoms with van der Waals surface area (Å²) < 4.78 is 0. The molecular formula is C13H20N2O2. The van der Waals surface area contributed by atoms with Gasteiger partial charge < -0.3 is 15.7 Å². The van der Waals surface area contributed by atoms with Crippen molar-refractivity contribution >= 4 is 5.91 Å². The number of phenols is 1. The molecule has 0 aliphatic heterocycles. The Morgan fingerprint density at radius 1 is 1.47 bits per heavy atom. The van der Waals surface area contributed by atoms with Gasteiger partial charge in [-0.1, -0.05) is 18.2 Å². The van der Waals surface area contributed by atoms with Crippen molar-refractivity contribution in [1.29, 1.82) is 0 Å². The fraction of sp³-hybridized carbons (Fsp3) is 0.462. The molecule has 0 aliphatic carbocycles. The van der Waals surface area contributed by atoms with Gasteiger partial charge >= 0.3 is 0 Å². The molecule has 1 rings (SSSR count). The Balaban J connectivity index is 2.56. The lowest BCUT2D eigenvalue weighted by molar-refractivity contribution is -0.122. The highest BCUT2D eigenvalue weighted by Gasteiger charge is 2.11. The Labute approximate surface area is 102 Å². The van der Waals surface area contributed by atoms with Crippen LogP contribution in [0, 0.1) is 6.92 Å². The van der Waals surface area contributed by atoms with Gasteiger partial charge in [0.15, 0.2) is 0 Å². The third-order valence-corrected chi connectivity index (χ3v) is 2.66. The predicted octanol–water partition coefficient (Wildman–Crippen LogP) is 1.31. The van der Waals surface area contributed by atoms with E-state index in [0.29, 0.717) is 18.8 Å². The topological polar surface area (TPSA) is 61.4 Å². The Hall–Kier alpha value is -1.55.